The number of benzene rings is 2. The van der Waals surface area contributed by atoms with E-state index in [0.717, 1.165) is 28.9 Å². The summed E-state index contributed by atoms with van der Waals surface area (Å²) >= 11 is 0. The van der Waals surface area contributed by atoms with Crippen molar-refractivity contribution in [3.8, 4) is 11.5 Å². The van der Waals surface area contributed by atoms with Gasteiger partial charge in [-0.3, -0.25) is 14.9 Å². The molecule has 0 bridgehead atoms. The highest BCUT2D eigenvalue weighted by Gasteiger charge is 2.41. The Morgan fingerprint density at radius 2 is 1.90 bits per heavy atom. The minimum Gasteiger partial charge on any atom is -0.454 e. The number of non-ortho nitro benzene ring substituents is 1. The number of nitrogens with zero attached hydrogens (tertiary/aromatic N) is 1. The number of carbonyl (C=O) groups is 1. The quantitative estimate of drug-likeness (QED) is 0.597. The lowest BCUT2D eigenvalue weighted by atomic mass is 9.68. The highest BCUT2D eigenvalue weighted by molar-refractivity contribution is 6.01. The molecule has 0 fully saturated rings. The van der Waals surface area contributed by atoms with E-state index in [4.69, 9.17) is 9.47 Å². The second kappa shape index (κ2) is 6.07. The van der Waals surface area contributed by atoms with Crippen molar-refractivity contribution in [3.05, 3.63) is 68.9 Å². The van der Waals surface area contributed by atoms with Gasteiger partial charge in [-0.2, -0.15) is 0 Å². The van der Waals surface area contributed by atoms with Crippen LogP contribution in [0.25, 0.3) is 0 Å². The molecule has 1 atom stereocenters. The number of carbonyl (C=O) groups excluding carboxylic acids is 1. The topological polar surface area (TPSA) is 90.7 Å². The van der Waals surface area contributed by atoms with Crippen molar-refractivity contribution < 1.29 is 19.2 Å². The number of rotatable bonds is 2. The molecule has 3 aliphatic rings. The van der Waals surface area contributed by atoms with Crippen molar-refractivity contribution in [2.75, 3.05) is 12.1 Å². The molecule has 2 aromatic rings. The van der Waals surface area contributed by atoms with E-state index in [2.05, 4.69) is 19.2 Å². The Morgan fingerprint density at radius 1 is 1.14 bits per heavy atom. The number of allylic oxidation sites excluding steroid dienone is 2. The molecule has 1 N–H and O–H groups in total. The van der Waals surface area contributed by atoms with E-state index in [0.29, 0.717) is 23.5 Å². The highest BCUT2D eigenvalue weighted by Crippen LogP contribution is 2.52. The van der Waals surface area contributed by atoms with Crippen molar-refractivity contribution in [1.29, 1.82) is 0 Å². The fourth-order valence-electron chi connectivity index (χ4n) is 4.57. The molecule has 5 rings (SSSR count). The number of anilines is 1. The lowest BCUT2D eigenvalue weighted by molar-refractivity contribution is -0.384. The van der Waals surface area contributed by atoms with Crippen LogP contribution in [0.5, 0.6) is 11.5 Å². The van der Waals surface area contributed by atoms with E-state index in [-0.39, 0.29) is 29.6 Å². The molecule has 0 spiro atoms. The molecule has 2 aliphatic heterocycles. The summed E-state index contributed by atoms with van der Waals surface area (Å²) in [5.74, 6) is 0.955. The van der Waals surface area contributed by atoms with Crippen LogP contribution in [0.1, 0.15) is 43.7 Å². The maximum atomic E-state index is 13.2. The number of hydrogen-bond donors (Lipinski definition) is 1. The largest absolute Gasteiger partial charge is 0.454 e. The van der Waals surface area contributed by atoms with Gasteiger partial charge in [-0.05, 0) is 29.0 Å². The summed E-state index contributed by atoms with van der Waals surface area (Å²) < 4.78 is 11.1. The first kappa shape index (κ1) is 17.7. The standard InChI is InChI=1S/C22H20N2O5/c1-22(2)9-16-21(17(25)10-22)20(12-4-3-5-13(6-12)24(26)27)14-7-18-19(29-11-28-18)8-15(14)23-16/h3-8,20,23H,9-11H2,1-2H3/t20-/m1/s1. The molecule has 2 heterocycles. The lowest BCUT2D eigenvalue weighted by Crippen LogP contribution is -2.33. The molecule has 29 heavy (non-hydrogen) atoms. The van der Waals surface area contributed by atoms with E-state index in [1.54, 1.807) is 12.1 Å². The van der Waals surface area contributed by atoms with Crippen LogP contribution in [0.2, 0.25) is 0 Å². The fourth-order valence-corrected chi connectivity index (χ4v) is 4.57. The van der Waals surface area contributed by atoms with Crippen LogP contribution in [0.3, 0.4) is 0 Å². The Hall–Kier alpha value is -3.35. The Bertz CT molecular complexity index is 1100. The number of Topliss-reactive ketones (excluding diaryl/α,β-unsaturated/α-hetero) is 1. The number of ketones is 1. The first-order chi connectivity index (χ1) is 13.8. The molecule has 0 saturated heterocycles. The third-order valence-electron chi connectivity index (χ3n) is 5.76. The second-order valence-corrected chi connectivity index (χ2v) is 8.54. The van der Waals surface area contributed by atoms with Gasteiger partial charge in [0.05, 0.1) is 4.92 Å². The van der Waals surface area contributed by atoms with Crippen molar-refractivity contribution >= 4 is 17.2 Å². The summed E-state index contributed by atoms with van der Waals surface area (Å²) in [6.45, 7) is 4.31. The number of hydrogen-bond acceptors (Lipinski definition) is 6. The Balaban J connectivity index is 1.73. The zero-order chi connectivity index (χ0) is 20.3. The average molecular weight is 392 g/mol. The second-order valence-electron chi connectivity index (χ2n) is 8.54. The van der Waals surface area contributed by atoms with Gasteiger partial charge in [0.2, 0.25) is 6.79 Å². The van der Waals surface area contributed by atoms with Crippen LogP contribution in [0.4, 0.5) is 11.4 Å². The number of nitro groups is 1. The van der Waals surface area contributed by atoms with Gasteiger partial charge in [0.15, 0.2) is 17.3 Å². The smallest absolute Gasteiger partial charge is 0.269 e. The normalized spacial score (nSPS) is 21.3. The summed E-state index contributed by atoms with van der Waals surface area (Å²) in [7, 11) is 0. The van der Waals surface area contributed by atoms with Crippen LogP contribution >= 0.6 is 0 Å². The van der Waals surface area contributed by atoms with Crippen LogP contribution < -0.4 is 14.8 Å². The van der Waals surface area contributed by atoms with E-state index >= 15 is 0 Å². The first-order valence-corrected chi connectivity index (χ1v) is 9.53. The molecule has 2 aromatic carbocycles. The molecule has 1 aliphatic carbocycles. The third-order valence-corrected chi connectivity index (χ3v) is 5.76. The molecule has 0 amide bonds. The van der Waals surface area contributed by atoms with Crippen LogP contribution in [0, 0.1) is 15.5 Å². The van der Waals surface area contributed by atoms with Gasteiger partial charge in [-0.25, -0.2) is 0 Å². The molecule has 148 valence electrons. The average Bonchev–Trinajstić information content (AvgIpc) is 3.11. The highest BCUT2D eigenvalue weighted by atomic mass is 16.7. The summed E-state index contributed by atoms with van der Waals surface area (Å²) in [6.07, 6.45) is 1.17. The van der Waals surface area contributed by atoms with Gasteiger partial charge < -0.3 is 14.8 Å². The van der Waals surface area contributed by atoms with Gasteiger partial charge in [-0.15, -0.1) is 0 Å². The summed E-state index contributed by atoms with van der Waals surface area (Å²) in [5.41, 5.74) is 3.86. The number of nitro benzene ring substituents is 1. The van der Waals surface area contributed by atoms with Crippen LogP contribution in [-0.2, 0) is 4.79 Å². The maximum Gasteiger partial charge on any atom is 0.269 e. The van der Waals surface area contributed by atoms with E-state index in [1.807, 2.05) is 18.2 Å². The van der Waals surface area contributed by atoms with Gasteiger partial charge >= 0.3 is 0 Å². The Kier molecular flexibility index (Phi) is 3.71. The Morgan fingerprint density at radius 3 is 2.66 bits per heavy atom. The predicted octanol–water partition coefficient (Wildman–Crippen LogP) is 4.52. The maximum absolute atomic E-state index is 13.2. The molecular formula is C22H20N2O5. The monoisotopic (exact) mass is 392 g/mol. The number of nitrogens with one attached hydrogen (secondary N) is 1. The summed E-state index contributed by atoms with van der Waals surface area (Å²) in [4.78, 5) is 24.1. The Labute approximate surface area is 167 Å². The molecule has 7 heteroatoms. The molecule has 0 unspecified atom stereocenters. The summed E-state index contributed by atoms with van der Waals surface area (Å²) in [6, 6.07) is 10.3. The molecule has 7 nitrogen and oxygen atoms in total. The molecule has 0 saturated carbocycles. The van der Waals surface area contributed by atoms with Gasteiger partial charge in [0.1, 0.15) is 0 Å². The molecule has 0 radical (unpaired) electrons. The minimum absolute atomic E-state index is 0.00839. The lowest BCUT2D eigenvalue weighted by Gasteiger charge is -2.39. The van der Waals surface area contributed by atoms with Crippen LogP contribution in [0.15, 0.2) is 47.7 Å². The van der Waals surface area contributed by atoms with E-state index < -0.39 is 4.92 Å². The number of fused-ring (bicyclic) bond motifs is 2. The fraction of sp³-hybridized carbons (Fsp3) is 0.318. The van der Waals surface area contributed by atoms with Crippen molar-refractivity contribution in [2.45, 2.75) is 32.6 Å². The number of ether oxygens (including phenoxy) is 2. The zero-order valence-corrected chi connectivity index (χ0v) is 16.2. The molecular weight excluding hydrogens is 372 g/mol. The molecule has 0 aromatic heterocycles. The van der Waals surface area contributed by atoms with Gasteiger partial charge in [0, 0.05) is 47.5 Å². The van der Waals surface area contributed by atoms with Crippen molar-refractivity contribution in [1.82, 2.24) is 0 Å². The predicted molar refractivity (Wildman–Crippen MR) is 106 cm³/mol. The zero-order valence-electron chi connectivity index (χ0n) is 16.2. The minimum atomic E-state index is -0.410. The van der Waals surface area contributed by atoms with Crippen LogP contribution in [-0.4, -0.2) is 17.5 Å². The first-order valence-electron chi connectivity index (χ1n) is 9.53. The van der Waals surface area contributed by atoms with Crippen molar-refractivity contribution in [3.63, 3.8) is 0 Å². The summed E-state index contributed by atoms with van der Waals surface area (Å²) in [5, 5.41) is 14.8. The van der Waals surface area contributed by atoms with Gasteiger partial charge in [-0.1, -0.05) is 26.0 Å². The van der Waals surface area contributed by atoms with E-state index in [1.165, 1.54) is 6.07 Å². The third kappa shape index (κ3) is 2.85. The van der Waals surface area contributed by atoms with Crippen molar-refractivity contribution in [2.24, 2.45) is 5.41 Å². The van der Waals surface area contributed by atoms with E-state index in [9.17, 15) is 14.9 Å². The SMILES string of the molecule is CC1(C)CC(=O)C2=C(C1)Nc1cc3c(cc1[C@H]2c1cccc([N+](=O)[O-])c1)OCO3. The van der Waals surface area contributed by atoms with Gasteiger partial charge in [0.25, 0.3) is 5.69 Å².